The molecule has 0 aliphatic rings. The Labute approximate surface area is 118 Å². The highest BCUT2D eigenvalue weighted by atomic mass is 32.2. The van der Waals surface area contributed by atoms with Crippen molar-refractivity contribution in [3.63, 3.8) is 0 Å². The van der Waals surface area contributed by atoms with Crippen LogP contribution in [0.5, 0.6) is 0 Å². The van der Waals surface area contributed by atoms with Crippen molar-refractivity contribution < 1.29 is 8.42 Å². The Morgan fingerprint density at radius 1 is 1.20 bits per heavy atom. The summed E-state index contributed by atoms with van der Waals surface area (Å²) in [7, 11) is -3.74. The standard InChI is InChI=1S/C13H16N4O2S/c1-2-10-5-3-7-15-12(10)9-17-20(18,19)13-11(14)6-4-8-16-13/h3-8,17H,2,9,14H2,1H3. The van der Waals surface area contributed by atoms with Crippen LogP contribution in [0.4, 0.5) is 5.69 Å². The summed E-state index contributed by atoms with van der Waals surface area (Å²) in [5.41, 5.74) is 7.46. The molecular weight excluding hydrogens is 276 g/mol. The Morgan fingerprint density at radius 3 is 2.60 bits per heavy atom. The van der Waals surface area contributed by atoms with E-state index in [1.165, 1.54) is 12.3 Å². The van der Waals surface area contributed by atoms with E-state index in [9.17, 15) is 8.42 Å². The van der Waals surface area contributed by atoms with Crippen molar-refractivity contribution in [3.8, 4) is 0 Å². The molecule has 3 N–H and O–H groups in total. The van der Waals surface area contributed by atoms with Crippen LogP contribution in [0.2, 0.25) is 0 Å². The van der Waals surface area contributed by atoms with Gasteiger partial charge in [0.1, 0.15) is 0 Å². The number of sulfonamides is 1. The highest BCUT2D eigenvalue weighted by Gasteiger charge is 2.19. The molecule has 2 aromatic rings. The number of nitrogens with zero attached hydrogens (tertiary/aromatic N) is 2. The van der Waals surface area contributed by atoms with Crippen LogP contribution < -0.4 is 10.5 Å². The summed E-state index contributed by atoms with van der Waals surface area (Å²) >= 11 is 0. The number of nitrogen functional groups attached to an aromatic ring is 1. The second-order valence-corrected chi connectivity index (χ2v) is 5.87. The second kappa shape index (κ2) is 5.98. The molecule has 0 aliphatic heterocycles. The zero-order valence-corrected chi connectivity index (χ0v) is 11.9. The van der Waals surface area contributed by atoms with Gasteiger partial charge >= 0.3 is 0 Å². The molecule has 0 unspecified atom stereocenters. The Bertz CT molecular complexity index is 701. The van der Waals surface area contributed by atoms with Crippen LogP contribution in [0.25, 0.3) is 0 Å². The van der Waals surface area contributed by atoms with E-state index in [2.05, 4.69) is 14.7 Å². The molecule has 2 rings (SSSR count). The molecule has 0 spiro atoms. The molecule has 20 heavy (non-hydrogen) atoms. The van der Waals surface area contributed by atoms with Crippen molar-refractivity contribution in [2.45, 2.75) is 24.9 Å². The van der Waals surface area contributed by atoms with Gasteiger partial charge in [-0.25, -0.2) is 18.1 Å². The summed E-state index contributed by atoms with van der Waals surface area (Å²) in [6.07, 6.45) is 3.82. The van der Waals surface area contributed by atoms with Crippen LogP contribution in [0, 0.1) is 0 Å². The van der Waals surface area contributed by atoms with Gasteiger partial charge in [0.05, 0.1) is 17.9 Å². The van der Waals surface area contributed by atoms with Crippen LogP contribution in [-0.2, 0) is 23.0 Å². The fourth-order valence-corrected chi connectivity index (χ4v) is 2.85. The minimum Gasteiger partial charge on any atom is -0.396 e. The number of anilines is 1. The average Bonchev–Trinajstić information content (AvgIpc) is 2.46. The minimum absolute atomic E-state index is 0.113. The zero-order chi connectivity index (χ0) is 14.6. The van der Waals surface area contributed by atoms with E-state index < -0.39 is 10.0 Å². The van der Waals surface area contributed by atoms with Crippen molar-refractivity contribution >= 4 is 15.7 Å². The predicted octanol–water partition coefficient (Wildman–Crippen LogP) is 1.10. The number of nitrogens with two attached hydrogens (primary N) is 1. The lowest BCUT2D eigenvalue weighted by atomic mass is 10.1. The van der Waals surface area contributed by atoms with Gasteiger partial charge in [0.2, 0.25) is 0 Å². The van der Waals surface area contributed by atoms with Crippen molar-refractivity contribution in [1.82, 2.24) is 14.7 Å². The molecule has 2 aromatic heterocycles. The molecule has 0 atom stereocenters. The third kappa shape index (κ3) is 3.12. The molecule has 0 amide bonds. The number of aryl methyl sites for hydroxylation is 1. The first-order valence-corrected chi connectivity index (χ1v) is 7.66. The molecule has 0 fully saturated rings. The van der Waals surface area contributed by atoms with E-state index in [1.54, 1.807) is 12.3 Å². The van der Waals surface area contributed by atoms with Crippen LogP contribution >= 0.6 is 0 Å². The topological polar surface area (TPSA) is 98.0 Å². The number of pyridine rings is 2. The first kappa shape index (κ1) is 14.4. The maximum Gasteiger partial charge on any atom is 0.260 e. The molecule has 0 bridgehead atoms. The first-order chi connectivity index (χ1) is 9.54. The molecule has 7 heteroatoms. The van der Waals surface area contributed by atoms with Gasteiger partial charge in [-0.1, -0.05) is 13.0 Å². The molecular formula is C13H16N4O2S. The molecule has 0 aliphatic carbocycles. The number of rotatable bonds is 5. The van der Waals surface area contributed by atoms with E-state index in [0.717, 1.165) is 12.0 Å². The van der Waals surface area contributed by atoms with Gasteiger partial charge in [0.15, 0.2) is 5.03 Å². The van der Waals surface area contributed by atoms with Crippen molar-refractivity contribution in [1.29, 1.82) is 0 Å². The van der Waals surface area contributed by atoms with Gasteiger partial charge in [-0.05, 0) is 30.2 Å². The van der Waals surface area contributed by atoms with Crippen LogP contribution in [0.3, 0.4) is 0 Å². The largest absolute Gasteiger partial charge is 0.396 e. The fraction of sp³-hybridized carbons (Fsp3) is 0.231. The van der Waals surface area contributed by atoms with Gasteiger partial charge in [-0.15, -0.1) is 0 Å². The van der Waals surface area contributed by atoms with Gasteiger partial charge in [-0.2, -0.15) is 0 Å². The summed E-state index contributed by atoms with van der Waals surface area (Å²) in [6.45, 7) is 2.11. The minimum atomic E-state index is -3.74. The number of aromatic nitrogens is 2. The van der Waals surface area contributed by atoms with Crippen LogP contribution in [0.15, 0.2) is 41.7 Å². The lowest BCUT2D eigenvalue weighted by Crippen LogP contribution is -2.26. The van der Waals surface area contributed by atoms with E-state index in [4.69, 9.17) is 5.73 Å². The van der Waals surface area contributed by atoms with Gasteiger partial charge < -0.3 is 5.73 Å². The maximum atomic E-state index is 12.1. The SMILES string of the molecule is CCc1cccnc1CNS(=O)(=O)c1ncccc1N. The zero-order valence-electron chi connectivity index (χ0n) is 11.1. The molecule has 0 aromatic carbocycles. The summed E-state index contributed by atoms with van der Waals surface area (Å²) < 4.78 is 26.8. The van der Waals surface area contributed by atoms with Crippen molar-refractivity contribution in [2.24, 2.45) is 0 Å². The quantitative estimate of drug-likeness (QED) is 0.860. The second-order valence-electron chi connectivity index (χ2n) is 4.19. The Hall–Kier alpha value is -1.99. The Morgan fingerprint density at radius 2 is 1.90 bits per heavy atom. The summed E-state index contributed by atoms with van der Waals surface area (Å²) in [6, 6.07) is 6.83. The molecule has 2 heterocycles. The van der Waals surface area contributed by atoms with E-state index in [-0.39, 0.29) is 17.3 Å². The summed E-state index contributed by atoms with van der Waals surface area (Å²) in [4.78, 5) is 8.00. The summed E-state index contributed by atoms with van der Waals surface area (Å²) in [5, 5.41) is -0.158. The third-order valence-corrected chi connectivity index (χ3v) is 4.22. The van der Waals surface area contributed by atoms with Crippen molar-refractivity contribution in [2.75, 3.05) is 5.73 Å². The van der Waals surface area contributed by atoms with Crippen molar-refractivity contribution in [3.05, 3.63) is 47.9 Å². The predicted molar refractivity (Wildman–Crippen MR) is 76.3 cm³/mol. The monoisotopic (exact) mass is 292 g/mol. The average molecular weight is 292 g/mol. The molecule has 106 valence electrons. The molecule has 0 saturated carbocycles. The molecule has 0 radical (unpaired) electrons. The third-order valence-electron chi connectivity index (χ3n) is 2.85. The number of nitrogens with one attached hydrogen (secondary N) is 1. The van der Waals surface area contributed by atoms with E-state index in [0.29, 0.717) is 5.69 Å². The van der Waals surface area contributed by atoms with E-state index >= 15 is 0 Å². The van der Waals surface area contributed by atoms with Crippen LogP contribution in [-0.4, -0.2) is 18.4 Å². The lowest BCUT2D eigenvalue weighted by molar-refractivity contribution is 0.577. The fourth-order valence-electron chi connectivity index (χ4n) is 1.81. The number of hydrogen-bond donors (Lipinski definition) is 2. The normalized spacial score (nSPS) is 11.4. The van der Waals surface area contributed by atoms with Gasteiger partial charge in [-0.3, -0.25) is 4.98 Å². The molecule has 0 saturated heterocycles. The lowest BCUT2D eigenvalue weighted by Gasteiger charge is -2.09. The van der Waals surface area contributed by atoms with Gasteiger partial charge in [0, 0.05) is 12.4 Å². The highest BCUT2D eigenvalue weighted by molar-refractivity contribution is 7.89. The number of hydrogen-bond acceptors (Lipinski definition) is 5. The maximum absolute atomic E-state index is 12.1. The smallest absolute Gasteiger partial charge is 0.260 e. The highest BCUT2D eigenvalue weighted by Crippen LogP contribution is 2.14. The van der Waals surface area contributed by atoms with E-state index in [1.807, 2.05) is 19.1 Å². The Kier molecular flexibility index (Phi) is 4.31. The first-order valence-electron chi connectivity index (χ1n) is 6.17. The Balaban J connectivity index is 2.20. The molecule has 6 nitrogen and oxygen atoms in total. The van der Waals surface area contributed by atoms with Gasteiger partial charge in [0.25, 0.3) is 10.0 Å². The summed E-state index contributed by atoms with van der Waals surface area (Å²) in [5.74, 6) is 0. The van der Waals surface area contributed by atoms with Crippen LogP contribution in [0.1, 0.15) is 18.2 Å².